The maximum Gasteiger partial charge on any atom is -0.0279 e. The zero-order chi connectivity index (χ0) is 8.81. The minimum absolute atomic E-state index is 0.903. The fourth-order valence-corrected chi connectivity index (χ4v) is 1.32. The summed E-state index contributed by atoms with van der Waals surface area (Å²) in [6.45, 7) is 6.10. The van der Waals surface area contributed by atoms with Gasteiger partial charge in [-0.3, -0.25) is 0 Å². The van der Waals surface area contributed by atoms with E-state index in [0.29, 0.717) is 0 Å². The van der Waals surface area contributed by atoms with Crippen LogP contribution in [0.2, 0.25) is 0 Å². The molecule has 0 heteroatoms. The third kappa shape index (κ3) is 2.69. The van der Waals surface area contributed by atoms with Crippen LogP contribution in [0.15, 0.2) is 24.3 Å². The first-order chi connectivity index (χ1) is 5.86. The van der Waals surface area contributed by atoms with Crippen LogP contribution in [0, 0.1) is 6.92 Å². The lowest BCUT2D eigenvalue weighted by Gasteiger charge is -2.01. The lowest BCUT2D eigenvalue weighted by Crippen LogP contribution is -1.87. The molecule has 0 amide bonds. The van der Waals surface area contributed by atoms with E-state index in [4.69, 9.17) is 0 Å². The molecule has 0 nitrogen and oxygen atoms in total. The molecule has 0 aliphatic heterocycles. The SMILES string of the molecule is [CH2]Cc1cccc(CCCC)c1. The Balaban J connectivity index is 2.60. The predicted molar refractivity (Wildman–Crippen MR) is 54.1 cm³/mol. The first-order valence-electron chi connectivity index (χ1n) is 4.74. The summed E-state index contributed by atoms with van der Waals surface area (Å²) in [7, 11) is 0. The molecule has 0 fully saturated rings. The van der Waals surface area contributed by atoms with Gasteiger partial charge in [0.2, 0.25) is 0 Å². The molecule has 0 saturated heterocycles. The first-order valence-corrected chi connectivity index (χ1v) is 4.74. The van der Waals surface area contributed by atoms with Crippen molar-refractivity contribution in [3.05, 3.63) is 42.3 Å². The zero-order valence-corrected chi connectivity index (χ0v) is 7.84. The highest BCUT2D eigenvalue weighted by molar-refractivity contribution is 5.23. The summed E-state index contributed by atoms with van der Waals surface area (Å²) in [6.07, 6.45) is 4.68. The Bertz CT molecular complexity index is 225. The van der Waals surface area contributed by atoms with Crippen molar-refractivity contribution in [2.75, 3.05) is 0 Å². The lowest BCUT2D eigenvalue weighted by atomic mass is 10.0. The molecule has 65 valence electrons. The lowest BCUT2D eigenvalue weighted by molar-refractivity contribution is 0.794. The second-order valence-electron chi connectivity index (χ2n) is 3.17. The van der Waals surface area contributed by atoms with Gasteiger partial charge in [0, 0.05) is 0 Å². The van der Waals surface area contributed by atoms with Crippen LogP contribution in [-0.2, 0) is 12.8 Å². The van der Waals surface area contributed by atoms with Crippen LogP contribution in [0.3, 0.4) is 0 Å². The monoisotopic (exact) mass is 161 g/mol. The Morgan fingerprint density at radius 2 is 2.00 bits per heavy atom. The number of benzene rings is 1. The van der Waals surface area contributed by atoms with Crippen LogP contribution in [0.1, 0.15) is 30.9 Å². The predicted octanol–water partition coefficient (Wildman–Crippen LogP) is 3.41. The second-order valence-corrected chi connectivity index (χ2v) is 3.17. The molecular formula is C12H17. The fraction of sp³-hybridized carbons (Fsp3) is 0.417. The summed E-state index contributed by atoms with van der Waals surface area (Å²) in [5.74, 6) is 0. The number of aryl methyl sites for hydroxylation is 1. The highest BCUT2D eigenvalue weighted by atomic mass is 14.0. The molecule has 0 atom stereocenters. The van der Waals surface area contributed by atoms with Crippen molar-refractivity contribution in [3.8, 4) is 0 Å². The van der Waals surface area contributed by atoms with Gasteiger partial charge in [0.25, 0.3) is 0 Å². The van der Waals surface area contributed by atoms with Crippen molar-refractivity contribution in [1.82, 2.24) is 0 Å². The standard InChI is InChI=1S/C12H17/c1-3-5-7-12-9-6-8-11(4-2)10-12/h6,8-10H,2-5,7H2,1H3. The van der Waals surface area contributed by atoms with Crippen molar-refractivity contribution in [2.45, 2.75) is 32.6 Å². The number of unbranched alkanes of at least 4 members (excludes halogenated alkanes) is 1. The van der Waals surface area contributed by atoms with E-state index < -0.39 is 0 Å². The van der Waals surface area contributed by atoms with Gasteiger partial charge >= 0.3 is 0 Å². The number of hydrogen-bond acceptors (Lipinski definition) is 0. The Hall–Kier alpha value is -0.780. The summed E-state index contributed by atoms with van der Waals surface area (Å²) in [6, 6.07) is 8.74. The van der Waals surface area contributed by atoms with Crippen LogP contribution in [-0.4, -0.2) is 0 Å². The highest BCUT2D eigenvalue weighted by Crippen LogP contribution is 2.08. The average molecular weight is 161 g/mol. The van der Waals surface area contributed by atoms with E-state index in [2.05, 4.69) is 38.1 Å². The van der Waals surface area contributed by atoms with Gasteiger partial charge in [0.1, 0.15) is 0 Å². The van der Waals surface area contributed by atoms with E-state index in [-0.39, 0.29) is 0 Å². The Labute approximate surface area is 75.6 Å². The molecule has 0 aromatic heterocycles. The van der Waals surface area contributed by atoms with Gasteiger partial charge in [-0.2, -0.15) is 0 Å². The molecule has 1 radical (unpaired) electrons. The summed E-state index contributed by atoms with van der Waals surface area (Å²) in [4.78, 5) is 0. The molecule has 0 unspecified atom stereocenters. The Morgan fingerprint density at radius 3 is 2.67 bits per heavy atom. The molecule has 1 aromatic rings. The largest absolute Gasteiger partial charge is 0.0654 e. The van der Waals surface area contributed by atoms with Crippen LogP contribution in [0.5, 0.6) is 0 Å². The molecule has 1 rings (SSSR count). The Kier molecular flexibility index (Phi) is 3.86. The molecule has 0 saturated carbocycles. The van der Waals surface area contributed by atoms with Crippen LogP contribution >= 0.6 is 0 Å². The van der Waals surface area contributed by atoms with Crippen LogP contribution < -0.4 is 0 Å². The molecule has 0 N–H and O–H groups in total. The number of hydrogen-bond donors (Lipinski definition) is 0. The van der Waals surface area contributed by atoms with E-state index in [9.17, 15) is 0 Å². The molecular weight excluding hydrogens is 144 g/mol. The molecule has 12 heavy (non-hydrogen) atoms. The molecule has 0 spiro atoms. The summed E-state index contributed by atoms with van der Waals surface area (Å²) in [5, 5.41) is 0. The molecule has 0 bridgehead atoms. The summed E-state index contributed by atoms with van der Waals surface area (Å²) < 4.78 is 0. The third-order valence-electron chi connectivity index (χ3n) is 2.10. The summed E-state index contributed by atoms with van der Waals surface area (Å²) in [5.41, 5.74) is 2.81. The maximum absolute atomic E-state index is 3.88. The van der Waals surface area contributed by atoms with Gasteiger partial charge in [0.15, 0.2) is 0 Å². The highest BCUT2D eigenvalue weighted by Gasteiger charge is 1.93. The minimum atomic E-state index is 0.903. The van der Waals surface area contributed by atoms with Gasteiger partial charge in [0.05, 0.1) is 0 Å². The van der Waals surface area contributed by atoms with E-state index in [1.807, 2.05) is 0 Å². The van der Waals surface area contributed by atoms with Gasteiger partial charge in [-0.15, -0.1) is 0 Å². The van der Waals surface area contributed by atoms with Crippen molar-refractivity contribution in [3.63, 3.8) is 0 Å². The zero-order valence-electron chi connectivity index (χ0n) is 7.84. The van der Waals surface area contributed by atoms with E-state index in [1.165, 1.54) is 30.4 Å². The van der Waals surface area contributed by atoms with Gasteiger partial charge in [-0.25, -0.2) is 0 Å². The Morgan fingerprint density at radius 1 is 1.25 bits per heavy atom. The normalized spacial score (nSPS) is 10.2. The quantitative estimate of drug-likeness (QED) is 0.635. The van der Waals surface area contributed by atoms with Crippen molar-refractivity contribution < 1.29 is 0 Å². The van der Waals surface area contributed by atoms with Crippen LogP contribution in [0.4, 0.5) is 0 Å². The van der Waals surface area contributed by atoms with Gasteiger partial charge < -0.3 is 0 Å². The molecule has 0 heterocycles. The first kappa shape index (κ1) is 9.31. The van der Waals surface area contributed by atoms with E-state index >= 15 is 0 Å². The van der Waals surface area contributed by atoms with E-state index in [0.717, 1.165) is 6.42 Å². The number of rotatable bonds is 4. The van der Waals surface area contributed by atoms with Crippen molar-refractivity contribution in [2.24, 2.45) is 0 Å². The fourth-order valence-electron chi connectivity index (χ4n) is 1.32. The molecule has 0 aliphatic rings. The van der Waals surface area contributed by atoms with Gasteiger partial charge in [-0.05, 0) is 37.3 Å². The minimum Gasteiger partial charge on any atom is -0.0654 e. The van der Waals surface area contributed by atoms with Crippen molar-refractivity contribution >= 4 is 0 Å². The molecule has 0 aliphatic carbocycles. The molecule has 1 aromatic carbocycles. The average Bonchev–Trinajstić information content (AvgIpc) is 2.15. The summed E-state index contributed by atoms with van der Waals surface area (Å²) >= 11 is 0. The maximum atomic E-state index is 3.88. The smallest absolute Gasteiger partial charge is 0.0279 e. The van der Waals surface area contributed by atoms with E-state index in [1.54, 1.807) is 0 Å². The topological polar surface area (TPSA) is 0 Å². The van der Waals surface area contributed by atoms with Crippen LogP contribution in [0.25, 0.3) is 0 Å². The van der Waals surface area contributed by atoms with Gasteiger partial charge in [-0.1, -0.05) is 37.6 Å². The third-order valence-corrected chi connectivity index (χ3v) is 2.10. The second kappa shape index (κ2) is 4.97. The van der Waals surface area contributed by atoms with Crippen molar-refractivity contribution in [1.29, 1.82) is 0 Å².